The lowest BCUT2D eigenvalue weighted by Gasteiger charge is -2.00. The van der Waals surface area contributed by atoms with E-state index >= 15 is 0 Å². The van der Waals surface area contributed by atoms with Crippen molar-refractivity contribution in [2.75, 3.05) is 0 Å². The molecular weight excluding hydrogens is 220 g/mol. The van der Waals surface area contributed by atoms with Crippen LogP contribution in [0.1, 0.15) is 15.9 Å². The average molecular weight is 228 g/mol. The van der Waals surface area contributed by atoms with Crippen molar-refractivity contribution in [2.45, 2.75) is 0 Å². The Bertz CT molecular complexity index is 567. The highest BCUT2D eigenvalue weighted by Gasteiger charge is 2.12. The summed E-state index contributed by atoms with van der Waals surface area (Å²) in [4.78, 5) is 25.8. The Morgan fingerprint density at radius 3 is 2.47 bits per heavy atom. The minimum Gasteiger partial charge on any atom is -0.289 e. The van der Waals surface area contributed by atoms with Crippen molar-refractivity contribution in [3.05, 3.63) is 70.0 Å². The monoisotopic (exact) mass is 228 g/mol. The van der Waals surface area contributed by atoms with E-state index in [9.17, 15) is 14.9 Å². The van der Waals surface area contributed by atoms with Crippen LogP contribution in [0, 0.1) is 10.1 Å². The third-order valence-electron chi connectivity index (χ3n) is 2.26. The number of aromatic nitrogens is 1. The molecule has 84 valence electrons. The van der Waals surface area contributed by atoms with Crippen molar-refractivity contribution in [1.29, 1.82) is 0 Å². The average Bonchev–Trinajstić information content (AvgIpc) is 2.39. The summed E-state index contributed by atoms with van der Waals surface area (Å²) in [6.07, 6.45) is 3.01. The fourth-order valence-corrected chi connectivity index (χ4v) is 1.43. The highest BCUT2D eigenvalue weighted by Crippen LogP contribution is 2.16. The van der Waals surface area contributed by atoms with Crippen LogP contribution in [0.25, 0.3) is 0 Å². The van der Waals surface area contributed by atoms with Crippen LogP contribution in [0.3, 0.4) is 0 Å². The molecule has 0 spiro atoms. The number of hydrogen-bond donors (Lipinski definition) is 0. The number of nitrogens with zero attached hydrogens (tertiary/aromatic N) is 2. The molecule has 0 radical (unpaired) electrons. The fraction of sp³-hybridized carbons (Fsp3) is 0. The second-order valence-electron chi connectivity index (χ2n) is 3.37. The topological polar surface area (TPSA) is 73.1 Å². The summed E-state index contributed by atoms with van der Waals surface area (Å²) in [5.74, 6) is -0.254. The first-order valence-electron chi connectivity index (χ1n) is 4.87. The van der Waals surface area contributed by atoms with Gasteiger partial charge in [-0.15, -0.1) is 0 Å². The molecule has 0 unspecified atom stereocenters. The van der Waals surface area contributed by atoms with Gasteiger partial charge in [0, 0.05) is 35.7 Å². The molecule has 1 heterocycles. The summed E-state index contributed by atoms with van der Waals surface area (Å²) < 4.78 is 0. The highest BCUT2D eigenvalue weighted by molar-refractivity contribution is 6.09. The zero-order chi connectivity index (χ0) is 12.3. The van der Waals surface area contributed by atoms with Gasteiger partial charge < -0.3 is 0 Å². The number of nitro benzene ring substituents is 1. The van der Waals surface area contributed by atoms with Gasteiger partial charge >= 0.3 is 0 Å². The SMILES string of the molecule is O=C(c1ccncc1)c1cccc([N+](=O)[O-])c1. The van der Waals surface area contributed by atoms with Crippen LogP contribution in [-0.2, 0) is 0 Å². The Morgan fingerprint density at radius 1 is 1.12 bits per heavy atom. The van der Waals surface area contributed by atoms with Crippen LogP contribution in [0.4, 0.5) is 5.69 Å². The van der Waals surface area contributed by atoms with Gasteiger partial charge in [0.2, 0.25) is 0 Å². The van der Waals surface area contributed by atoms with Crippen LogP contribution >= 0.6 is 0 Å². The van der Waals surface area contributed by atoms with E-state index in [1.807, 2.05) is 0 Å². The summed E-state index contributed by atoms with van der Waals surface area (Å²) in [5.41, 5.74) is 0.663. The van der Waals surface area contributed by atoms with E-state index in [1.165, 1.54) is 30.6 Å². The molecule has 5 heteroatoms. The molecule has 0 amide bonds. The zero-order valence-corrected chi connectivity index (χ0v) is 8.74. The number of ketones is 1. The number of carbonyl (C=O) groups excluding carboxylic acids is 1. The van der Waals surface area contributed by atoms with Crippen LogP contribution < -0.4 is 0 Å². The first kappa shape index (κ1) is 10.9. The molecule has 17 heavy (non-hydrogen) atoms. The van der Waals surface area contributed by atoms with E-state index < -0.39 is 4.92 Å². The molecule has 0 aliphatic rings. The maximum atomic E-state index is 12.0. The maximum absolute atomic E-state index is 12.0. The van der Waals surface area contributed by atoms with Crippen LogP contribution in [0.5, 0.6) is 0 Å². The molecule has 1 aromatic carbocycles. The lowest BCUT2D eigenvalue weighted by Crippen LogP contribution is -2.01. The van der Waals surface area contributed by atoms with Crippen LogP contribution in [-0.4, -0.2) is 15.7 Å². The third kappa shape index (κ3) is 2.34. The number of benzene rings is 1. The standard InChI is InChI=1S/C12H8N2O3/c15-12(9-4-6-13-7-5-9)10-2-1-3-11(8-10)14(16)17/h1-8H. The highest BCUT2D eigenvalue weighted by atomic mass is 16.6. The third-order valence-corrected chi connectivity index (χ3v) is 2.26. The molecule has 0 atom stereocenters. The van der Waals surface area contributed by atoms with Gasteiger partial charge in [0.15, 0.2) is 5.78 Å². The number of rotatable bonds is 3. The second kappa shape index (κ2) is 4.52. The molecule has 0 aliphatic carbocycles. The number of pyridine rings is 1. The van der Waals surface area contributed by atoms with E-state index in [0.29, 0.717) is 11.1 Å². The van der Waals surface area contributed by atoms with E-state index in [1.54, 1.807) is 18.2 Å². The Morgan fingerprint density at radius 2 is 1.82 bits per heavy atom. The van der Waals surface area contributed by atoms with Crippen molar-refractivity contribution in [3.8, 4) is 0 Å². The summed E-state index contributed by atoms with van der Waals surface area (Å²) in [6, 6.07) is 8.80. The quantitative estimate of drug-likeness (QED) is 0.458. The van der Waals surface area contributed by atoms with Crippen LogP contribution in [0.2, 0.25) is 0 Å². The Balaban J connectivity index is 2.38. The summed E-state index contributed by atoms with van der Waals surface area (Å²) in [7, 11) is 0. The van der Waals surface area contributed by atoms with Gasteiger partial charge in [-0.3, -0.25) is 19.9 Å². The maximum Gasteiger partial charge on any atom is 0.270 e. The smallest absolute Gasteiger partial charge is 0.270 e. The van der Waals surface area contributed by atoms with Gasteiger partial charge in [0.25, 0.3) is 5.69 Å². The molecule has 0 fully saturated rings. The molecule has 2 rings (SSSR count). The fourth-order valence-electron chi connectivity index (χ4n) is 1.43. The van der Waals surface area contributed by atoms with Gasteiger partial charge in [-0.1, -0.05) is 12.1 Å². The Labute approximate surface area is 96.9 Å². The molecule has 2 aromatic rings. The van der Waals surface area contributed by atoms with Gasteiger partial charge in [-0.2, -0.15) is 0 Å². The minimum atomic E-state index is -0.524. The number of hydrogen-bond acceptors (Lipinski definition) is 4. The van der Waals surface area contributed by atoms with Crippen molar-refractivity contribution >= 4 is 11.5 Å². The second-order valence-corrected chi connectivity index (χ2v) is 3.37. The Hall–Kier alpha value is -2.56. The van der Waals surface area contributed by atoms with Crippen LogP contribution in [0.15, 0.2) is 48.8 Å². The minimum absolute atomic E-state index is 0.0927. The number of carbonyl (C=O) groups is 1. The summed E-state index contributed by atoms with van der Waals surface area (Å²) in [6.45, 7) is 0. The molecule has 0 saturated heterocycles. The first-order valence-corrected chi connectivity index (χ1v) is 4.87. The molecular formula is C12H8N2O3. The first-order chi connectivity index (χ1) is 8.18. The van der Waals surface area contributed by atoms with Gasteiger partial charge in [-0.25, -0.2) is 0 Å². The predicted octanol–water partition coefficient (Wildman–Crippen LogP) is 2.22. The number of non-ortho nitro benzene ring substituents is 1. The zero-order valence-electron chi connectivity index (χ0n) is 8.74. The lowest BCUT2D eigenvalue weighted by molar-refractivity contribution is -0.384. The molecule has 0 N–H and O–H groups in total. The number of nitro groups is 1. The van der Waals surface area contributed by atoms with Crippen molar-refractivity contribution in [1.82, 2.24) is 4.98 Å². The van der Waals surface area contributed by atoms with Crippen molar-refractivity contribution in [2.24, 2.45) is 0 Å². The lowest BCUT2D eigenvalue weighted by atomic mass is 10.0. The van der Waals surface area contributed by atoms with Crippen molar-refractivity contribution in [3.63, 3.8) is 0 Å². The van der Waals surface area contributed by atoms with E-state index in [2.05, 4.69) is 4.98 Å². The molecule has 0 aliphatic heterocycles. The van der Waals surface area contributed by atoms with Gasteiger partial charge in [0.05, 0.1) is 4.92 Å². The van der Waals surface area contributed by atoms with E-state index in [4.69, 9.17) is 0 Å². The summed E-state index contributed by atoms with van der Waals surface area (Å²) >= 11 is 0. The normalized spacial score (nSPS) is 9.88. The molecule has 0 saturated carbocycles. The predicted molar refractivity (Wildman–Crippen MR) is 60.8 cm³/mol. The molecule has 0 bridgehead atoms. The molecule has 1 aromatic heterocycles. The van der Waals surface area contributed by atoms with E-state index in [-0.39, 0.29) is 11.5 Å². The molecule has 5 nitrogen and oxygen atoms in total. The van der Waals surface area contributed by atoms with E-state index in [0.717, 1.165) is 0 Å². The largest absolute Gasteiger partial charge is 0.289 e. The van der Waals surface area contributed by atoms with Crippen molar-refractivity contribution < 1.29 is 9.72 Å². The van der Waals surface area contributed by atoms with Gasteiger partial charge in [-0.05, 0) is 12.1 Å². The Kier molecular flexibility index (Phi) is 2.91. The summed E-state index contributed by atoms with van der Waals surface area (Å²) in [5, 5.41) is 10.6. The van der Waals surface area contributed by atoms with Gasteiger partial charge in [0.1, 0.15) is 0 Å².